The summed E-state index contributed by atoms with van der Waals surface area (Å²) < 4.78 is 49.1. The minimum absolute atomic E-state index is 0.131. The summed E-state index contributed by atoms with van der Waals surface area (Å²) in [5.41, 5.74) is 0. The van der Waals surface area contributed by atoms with E-state index in [0.29, 0.717) is 26.1 Å². The summed E-state index contributed by atoms with van der Waals surface area (Å²) >= 11 is 0. The first kappa shape index (κ1) is 19.0. The van der Waals surface area contributed by atoms with Crippen molar-refractivity contribution in [2.45, 2.75) is 39.7 Å². The molecule has 1 N–H and O–H groups in total. The molecule has 0 aromatic carbocycles. The molecule has 0 fully saturated rings. The Hall–Kier alpha value is 0.0200. The van der Waals surface area contributed by atoms with Gasteiger partial charge >= 0.3 is 7.75 Å². The molecule has 0 radical (unpaired) electrons. The molecule has 0 spiro atoms. The van der Waals surface area contributed by atoms with Crippen LogP contribution in [0.2, 0.25) is 0 Å². The zero-order valence-corrected chi connectivity index (χ0v) is 13.6. The van der Waals surface area contributed by atoms with Crippen molar-refractivity contribution < 1.29 is 26.2 Å². The molecule has 0 unspecified atom stereocenters. The van der Waals surface area contributed by atoms with Crippen molar-refractivity contribution in [3.8, 4) is 0 Å². The lowest BCUT2D eigenvalue weighted by Gasteiger charge is -2.22. The van der Waals surface area contributed by atoms with Gasteiger partial charge in [-0.15, -0.1) is 0 Å². The quantitative estimate of drug-likeness (QED) is 0.459. The minimum atomic E-state index is -3.52. The van der Waals surface area contributed by atoms with E-state index in [-0.39, 0.29) is 6.61 Å². The first-order valence-electron chi connectivity index (χ1n) is 6.23. The molecule has 0 saturated carbocycles. The largest absolute Gasteiger partial charge is 0.405 e. The van der Waals surface area contributed by atoms with E-state index in [2.05, 4.69) is 9.27 Å². The van der Waals surface area contributed by atoms with Gasteiger partial charge in [0.15, 0.2) is 0 Å². The van der Waals surface area contributed by atoms with Crippen molar-refractivity contribution in [2.24, 2.45) is 0 Å². The maximum absolute atomic E-state index is 12.3. The van der Waals surface area contributed by atoms with Crippen LogP contribution in [0.4, 0.5) is 0 Å². The maximum Gasteiger partial charge on any atom is 0.405 e. The second-order valence-corrected chi connectivity index (χ2v) is 7.60. The van der Waals surface area contributed by atoms with Gasteiger partial charge in [-0.2, -0.15) is 8.42 Å². The van der Waals surface area contributed by atoms with E-state index in [1.54, 1.807) is 6.92 Å². The maximum atomic E-state index is 12.3. The second kappa shape index (κ2) is 9.05. The number of rotatable bonds is 11. The monoisotopic (exact) mass is 317 g/mol. The molecule has 1 atom stereocenters. The highest BCUT2D eigenvalue weighted by atomic mass is 32.2. The molecule has 0 amide bonds. The lowest BCUT2D eigenvalue weighted by atomic mass is 10.4. The van der Waals surface area contributed by atoms with Crippen molar-refractivity contribution in [1.29, 1.82) is 0 Å². The van der Waals surface area contributed by atoms with Gasteiger partial charge in [0.05, 0.1) is 26.1 Å². The number of nitrogens with one attached hydrogen (secondary N) is 1. The van der Waals surface area contributed by atoms with Crippen LogP contribution in [0.25, 0.3) is 0 Å². The first-order valence-corrected chi connectivity index (χ1v) is 9.59. The van der Waals surface area contributed by atoms with Crippen LogP contribution < -0.4 is 5.09 Å². The third-order valence-electron chi connectivity index (χ3n) is 1.84. The lowest BCUT2D eigenvalue weighted by Crippen LogP contribution is -2.30. The van der Waals surface area contributed by atoms with E-state index in [1.807, 2.05) is 13.8 Å². The Morgan fingerprint density at radius 3 is 2.00 bits per heavy atom. The Kier molecular flexibility index (Phi) is 9.06. The average molecular weight is 317 g/mol. The predicted octanol–water partition coefficient (Wildman–Crippen LogP) is 1.90. The Morgan fingerprint density at radius 1 is 1.16 bits per heavy atom. The van der Waals surface area contributed by atoms with Crippen LogP contribution in [0.5, 0.6) is 0 Å². The zero-order chi connectivity index (χ0) is 14.9. The van der Waals surface area contributed by atoms with Gasteiger partial charge in [-0.25, -0.2) is 9.65 Å². The predicted molar refractivity (Wildman–Crippen MR) is 73.5 cm³/mol. The first-order chi connectivity index (χ1) is 8.72. The van der Waals surface area contributed by atoms with Crippen molar-refractivity contribution in [3.63, 3.8) is 0 Å². The van der Waals surface area contributed by atoms with E-state index < -0.39 is 23.9 Å². The van der Waals surface area contributed by atoms with Crippen LogP contribution in [0.3, 0.4) is 0 Å². The van der Waals surface area contributed by atoms with Gasteiger partial charge in [-0.3, -0.25) is 13.2 Å². The van der Waals surface area contributed by atoms with Crippen molar-refractivity contribution >= 4 is 17.9 Å². The summed E-state index contributed by atoms with van der Waals surface area (Å²) in [4.78, 5) is 0. The van der Waals surface area contributed by atoms with Crippen LogP contribution >= 0.6 is 7.75 Å². The molecule has 7 nitrogen and oxygen atoms in total. The van der Waals surface area contributed by atoms with Crippen molar-refractivity contribution in [1.82, 2.24) is 5.09 Å². The number of hydrogen-bond donors (Lipinski definition) is 1. The molecule has 0 aliphatic carbocycles. The van der Waals surface area contributed by atoms with Crippen LogP contribution in [0.15, 0.2) is 0 Å². The van der Waals surface area contributed by atoms with E-state index in [9.17, 15) is 13.0 Å². The van der Waals surface area contributed by atoms with E-state index in [4.69, 9.17) is 9.05 Å². The van der Waals surface area contributed by atoms with Gasteiger partial charge < -0.3 is 0 Å². The topological polar surface area (TPSA) is 90.9 Å². The molecule has 0 bridgehead atoms. The van der Waals surface area contributed by atoms with Gasteiger partial charge in [0.1, 0.15) is 0 Å². The van der Waals surface area contributed by atoms with E-state index >= 15 is 0 Å². The van der Waals surface area contributed by atoms with Gasteiger partial charge in [-0.05, 0) is 19.8 Å². The molecule has 9 heteroatoms. The van der Waals surface area contributed by atoms with E-state index in [1.165, 1.54) is 0 Å². The molecule has 0 aliphatic rings. The molecule has 0 heterocycles. The highest BCUT2D eigenvalue weighted by molar-refractivity contribution is 7.85. The molecule has 0 rings (SSSR count). The third kappa shape index (κ3) is 10.5. The van der Waals surface area contributed by atoms with Gasteiger partial charge in [0, 0.05) is 6.04 Å². The Labute approximate surface area is 115 Å². The number of hydrogen-bond acceptors (Lipinski definition) is 6. The summed E-state index contributed by atoms with van der Waals surface area (Å²) in [5, 5.41) is 2.66. The van der Waals surface area contributed by atoms with Crippen LogP contribution in [0, 0.1) is 0 Å². The van der Waals surface area contributed by atoms with E-state index in [0.717, 1.165) is 6.26 Å². The fraction of sp³-hybridized carbons (Fsp3) is 1.00. The molecule has 116 valence electrons. The Bertz CT molecular complexity index is 373. The van der Waals surface area contributed by atoms with Gasteiger partial charge in [-0.1, -0.05) is 13.8 Å². The molecule has 0 aromatic rings. The molecule has 0 aromatic heterocycles. The van der Waals surface area contributed by atoms with Gasteiger partial charge in [0.25, 0.3) is 10.1 Å². The molecule has 19 heavy (non-hydrogen) atoms. The SMILES string of the molecule is CCCOP(=O)(N[C@H](C)COS(C)(=O)=O)OCCC. The fourth-order valence-electron chi connectivity index (χ4n) is 1.07. The summed E-state index contributed by atoms with van der Waals surface area (Å²) in [6.45, 7) is 5.89. The fourth-order valence-corrected chi connectivity index (χ4v) is 3.20. The normalized spacial score (nSPS) is 14.5. The summed E-state index contributed by atoms with van der Waals surface area (Å²) in [5.74, 6) is 0. The zero-order valence-electron chi connectivity index (χ0n) is 11.9. The van der Waals surface area contributed by atoms with Crippen LogP contribution in [0.1, 0.15) is 33.6 Å². The highest BCUT2D eigenvalue weighted by Gasteiger charge is 2.26. The molecular weight excluding hydrogens is 293 g/mol. The summed E-state index contributed by atoms with van der Waals surface area (Å²) in [6.07, 6.45) is 2.37. The lowest BCUT2D eigenvalue weighted by molar-refractivity contribution is 0.186. The van der Waals surface area contributed by atoms with Crippen LogP contribution in [-0.4, -0.2) is 40.5 Å². The Balaban J connectivity index is 4.40. The van der Waals surface area contributed by atoms with Crippen molar-refractivity contribution in [2.75, 3.05) is 26.1 Å². The highest BCUT2D eigenvalue weighted by Crippen LogP contribution is 2.44. The summed E-state index contributed by atoms with van der Waals surface area (Å²) in [6, 6.07) is -0.478. The van der Waals surface area contributed by atoms with Crippen molar-refractivity contribution in [3.05, 3.63) is 0 Å². The van der Waals surface area contributed by atoms with Crippen LogP contribution in [-0.2, 0) is 27.9 Å². The molecule has 0 aliphatic heterocycles. The standard InChI is InChI=1S/C10H24NO6PS/c1-5-7-15-18(12,16-8-6-2)11-10(3)9-17-19(4,13)14/h10H,5-9H2,1-4H3,(H,11,12)/t10-/m1/s1. The Morgan fingerprint density at radius 2 is 1.63 bits per heavy atom. The third-order valence-corrected chi connectivity index (χ3v) is 4.21. The summed E-state index contributed by atoms with van der Waals surface area (Å²) in [7, 11) is -6.94. The molecular formula is C10H24NO6PS. The van der Waals surface area contributed by atoms with Gasteiger partial charge in [0.2, 0.25) is 0 Å². The second-order valence-electron chi connectivity index (χ2n) is 4.18. The minimum Gasteiger partial charge on any atom is -0.297 e. The average Bonchev–Trinajstić information content (AvgIpc) is 2.31. The molecule has 0 saturated heterocycles. The smallest absolute Gasteiger partial charge is 0.297 e.